The van der Waals surface area contributed by atoms with E-state index in [0.717, 1.165) is 22.6 Å². The normalized spacial score (nSPS) is 10.9. The molecule has 1 amide bonds. The molecule has 4 aromatic rings. The molecule has 0 radical (unpaired) electrons. The number of hydrogen-bond acceptors (Lipinski definition) is 3. The fourth-order valence-corrected chi connectivity index (χ4v) is 3.56. The van der Waals surface area contributed by atoms with Crippen molar-refractivity contribution in [2.45, 2.75) is 33.5 Å². The minimum absolute atomic E-state index is 0.0776. The number of rotatable bonds is 7. The first kappa shape index (κ1) is 19.6. The van der Waals surface area contributed by atoms with Gasteiger partial charge in [-0.2, -0.15) is 5.10 Å². The maximum absolute atomic E-state index is 12.8. The average molecular weight is 399 g/mol. The number of nitrogens with zero attached hydrogens (tertiary/aromatic N) is 4. The lowest BCUT2D eigenvalue weighted by Gasteiger charge is -2.09. The van der Waals surface area contributed by atoms with Gasteiger partial charge >= 0.3 is 0 Å². The molecule has 0 unspecified atom stereocenters. The summed E-state index contributed by atoms with van der Waals surface area (Å²) in [5, 5.41) is 7.42. The molecule has 6 heteroatoms. The minimum Gasteiger partial charge on any atom is -0.348 e. The zero-order valence-corrected chi connectivity index (χ0v) is 17.2. The van der Waals surface area contributed by atoms with Gasteiger partial charge in [-0.1, -0.05) is 36.4 Å². The molecule has 1 aromatic carbocycles. The predicted octanol–water partition coefficient (Wildman–Crippen LogP) is 3.72. The van der Waals surface area contributed by atoms with Crippen LogP contribution in [0.15, 0.2) is 73.2 Å². The Balaban J connectivity index is 1.39. The topological polar surface area (TPSA) is 64.7 Å². The highest BCUT2D eigenvalue weighted by molar-refractivity contribution is 5.95. The van der Waals surface area contributed by atoms with E-state index in [-0.39, 0.29) is 5.91 Å². The van der Waals surface area contributed by atoms with Crippen molar-refractivity contribution in [2.75, 3.05) is 0 Å². The second-order valence-corrected chi connectivity index (χ2v) is 7.41. The first-order valence-corrected chi connectivity index (χ1v) is 10.0. The third-order valence-electron chi connectivity index (χ3n) is 5.19. The van der Waals surface area contributed by atoms with Crippen LogP contribution in [0.3, 0.4) is 0 Å². The number of aryl methyl sites for hydroxylation is 1. The highest BCUT2D eigenvalue weighted by atomic mass is 16.1. The summed E-state index contributed by atoms with van der Waals surface area (Å²) in [4.78, 5) is 17.2. The molecule has 152 valence electrons. The lowest BCUT2D eigenvalue weighted by molar-refractivity contribution is 0.0950. The van der Waals surface area contributed by atoms with Crippen molar-refractivity contribution in [1.82, 2.24) is 24.6 Å². The third kappa shape index (κ3) is 4.49. The zero-order chi connectivity index (χ0) is 20.9. The molecule has 6 nitrogen and oxygen atoms in total. The van der Waals surface area contributed by atoms with Crippen LogP contribution in [0, 0.1) is 13.8 Å². The Morgan fingerprint density at radius 2 is 1.80 bits per heavy atom. The molecule has 1 N–H and O–H groups in total. The molecule has 0 aliphatic carbocycles. The van der Waals surface area contributed by atoms with Crippen molar-refractivity contribution >= 4 is 5.91 Å². The summed E-state index contributed by atoms with van der Waals surface area (Å²) in [6, 6.07) is 18.0. The van der Waals surface area contributed by atoms with Gasteiger partial charge in [0.25, 0.3) is 5.91 Å². The largest absolute Gasteiger partial charge is 0.348 e. The minimum atomic E-state index is -0.0776. The van der Waals surface area contributed by atoms with E-state index in [4.69, 9.17) is 0 Å². The van der Waals surface area contributed by atoms with Crippen LogP contribution < -0.4 is 5.32 Å². The Hall–Kier alpha value is -3.67. The number of amides is 1. The number of hydrogen-bond donors (Lipinski definition) is 1. The number of carbonyl (C=O) groups excluding carboxylic acids is 1. The van der Waals surface area contributed by atoms with Gasteiger partial charge in [-0.05, 0) is 37.6 Å². The van der Waals surface area contributed by atoms with Crippen molar-refractivity contribution in [3.63, 3.8) is 0 Å². The van der Waals surface area contributed by atoms with Gasteiger partial charge < -0.3 is 9.88 Å². The van der Waals surface area contributed by atoms with Gasteiger partial charge in [0.05, 0.1) is 30.5 Å². The average Bonchev–Trinajstić information content (AvgIpc) is 3.33. The van der Waals surface area contributed by atoms with E-state index in [9.17, 15) is 4.79 Å². The van der Waals surface area contributed by atoms with Crippen LogP contribution in [-0.4, -0.2) is 25.2 Å². The Morgan fingerprint density at radius 1 is 1.00 bits per heavy atom. The maximum atomic E-state index is 12.8. The van der Waals surface area contributed by atoms with E-state index in [1.807, 2.05) is 67.2 Å². The molecule has 0 saturated heterocycles. The van der Waals surface area contributed by atoms with Crippen LogP contribution in [0.5, 0.6) is 0 Å². The van der Waals surface area contributed by atoms with Gasteiger partial charge in [-0.15, -0.1) is 0 Å². The molecule has 4 rings (SSSR count). The highest BCUT2D eigenvalue weighted by Crippen LogP contribution is 2.17. The Morgan fingerprint density at radius 3 is 2.57 bits per heavy atom. The number of carbonyl (C=O) groups is 1. The van der Waals surface area contributed by atoms with Gasteiger partial charge in [0.15, 0.2) is 0 Å². The SMILES string of the molecule is Cc1cc(C(=O)NCc2cnn(Cc3ccccc3)c2)c(C)n1Cc1ccccn1. The molecule has 0 saturated carbocycles. The Bertz CT molecular complexity index is 1130. The Labute approximate surface area is 176 Å². The van der Waals surface area contributed by atoms with Gasteiger partial charge in [-0.3, -0.25) is 14.5 Å². The number of aromatic nitrogens is 4. The molecule has 0 aliphatic rings. The predicted molar refractivity (Wildman–Crippen MR) is 116 cm³/mol. The molecule has 3 heterocycles. The van der Waals surface area contributed by atoms with Crippen LogP contribution in [0.2, 0.25) is 0 Å². The molecule has 0 spiro atoms. The van der Waals surface area contributed by atoms with Crippen LogP contribution in [-0.2, 0) is 19.6 Å². The molecular formula is C24H25N5O. The second-order valence-electron chi connectivity index (χ2n) is 7.41. The molecule has 3 aromatic heterocycles. The van der Waals surface area contributed by atoms with Crippen molar-refractivity contribution < 1.29 is 4.79 Å². The maximum Gasteiger partial charge on any atom is 0.253 e. The standard InChI is InChI=1S/C24H25N5O/c1-18-12-23(19(2)29(18)17-22-10-6-7-11-25-22)24(30)26-13-21-14-27-28(16-21)15-20-8-4-3-5-9-20/h3-12,14,16H,13,15,17H2,1-2H3,(H,26,30). The first-order valence-electron chi connectivity index (χ1n) is 10.0. The summed E-state index contributed by atoms with van der Waals surface area (Å²) >= 11 is 0. The van der Waals surface area contributed by atoms with Crippen molar-refractivity contribution in [1.29, 1.82) is 0 Å². The lowest BCUT2D eigenvalue weighted by atomic mass is 10.2. The summed E-state index contributed by atoms with van der Waals surface area (Å²) in [5.41, 5.74) is 5.81. The quantitative estimate of drug-likeness (QED) is 0.515. The van der Waals surface area contributed by atoms with Crippen LogP contribution in [0.25, 0.3) is 0 Å². The first-order chi connectivity index (χ1) is 14.6. The number of nitrogens with one attached hydrogen (secondary N) is 1. The van der Waals surface area contributed by atoms with Crippen LogP contribution in [0.4, 0.5) is 0 Å². The summed E-state index contributed by atoms with van der Waals surface area (Å²) in [7, 11) is 0. The number of pyridine rings is 1. The Kier molecular flexibility index (Phi) is 5.75. The van der Waals surface area contributed by atoms with E-state index in [1.165, 1.54) is 5.56 Å². The molecule has 30 heavy (non-hydrogen) atoms. The highest BCUT2D eigenvalue weighted by Gasteiger charge is 2.16. The monoisotopic (exact) mass is 399 g/mol. The fraction of sp³-hybridized carbons (Fsp3) is 0.208. The third-order valence-corrected chi connectivity index (χ3v) is 5.19. The smallest absolute Gasteiger partial charge is 0.253 e. The summed E-state index contributed by atoms with van der Waals surface area (Å²) in [5.74, 6) is -0.0776. The second kappa shape index (κ2) is 8.78. The fourth-order valence-electron chi connectivity index (χ4n) is 3.56. The van der Waals surface area contributed by atoms with Gasteiger partial charge in [0.2, 0.25) is 0 Å². The van der Waals surface area contributed by atoms with Crippen LogP contribution >= 0.6 is 0 Å². The molecule has 0 atom stereocenters. The molecule has 0 aliphatic heterocycles. The summed E-state index contributed by atoms with van der Waals surface area (Å²) < 4.78 is 4.00. The van der Waals surface area contributed by atoms with E-state index in [2.05, 4.69) is 32.1 Å². The van der Waals surface area contributed by atoms with Crippen molar-refractivity contribution in [3.05, 3.63) is 107 Å². The van der Waals surface area contributed by atoms with Gasteiger partial charge in [0.1, 0.15) is 0 Å². The lowest BCUT2D eigenvalue weighted by Crippen LogP contribution is -2.23. The van der Waals surface area contributed by atoms with Gasteiger partial charge in [0, 0.05) is 35.9 Å². The van der Waals surface area contributed by atoms with E-state index in [1.54, 1.807) is 12.4 Å². The zero-order valence-electron chi connectivity index (χ0n) is 17.2. The van der Waals surface area contributed by atoms with Crippen molar-refractivity contribution in [2.24, 2.45) is 0 Å². The molecular weight excluding hydrogens is 374 g/mol. The molecule has 0 bridgehead atoms. The van der Waals surface area contributed by atoms with E-state index >= 15 is 0 Å². The number of benzene rings is 1. The molecule has 0 fully saturated rings. The summed E-state index contributed by atoms with van der Waals surface area (Å²) in [6.07, 6.45) is 5.56. The van der Waals surface area contributed by atoms with Gasteiger partial charge in [-0.25, -0.2) is 0 Å². The van der Waals surface area contributed by atoms with Crippen molar-refractivity contribution in [3.8, 4) is 0 Å². The van der Waals surface area contributed by atoms with Crippen LogP contribution in [0.1, 0.15) is 38.6 Å². The van der Waals surface area contributed by atoms with E-state index < -0.39 is 0 Å². The summed E-state index contributed by atoms with van der Waals surface area (Å²) in [6.45, 7) is 5.79. The van der Waals surface area contributed by atoms with E-state index in [0.29, 0.717) is 25.2 Å².